The molecule has 2 aliphatic rings. The van der Waals surface area contributed by atoms with E-state index in [-0.39, 0.29) is 24.7 Å². The lowest BCUT2D eigenvalue weighted by Crippen LogP contribution is -2.44. The zero-order valence-electron chi connectivity index (χ0n) is 9.19. The molecule has 2 rings (SSSR count). The molecule has 0 saturated carbocycles. The second-order valence-corrected chi connectivity index (χ2v) is 4.55. The van der Waals surface area contributed by atoms with E-state index in [1.165, 1.54) is 0 Å². The van der Waals surface area contributed by atoms with Crippen molar-refractivity contribution in [2.45, 2.75) is 38.3 Å². The van der Waals surface area contributed by atoms with Crippen LogP contribution in [0.4, 0.5) is 0 Å². The number of likely N-dealkylation sites (tertiary alicyclic amines) is 1. The molecule has 3 atom stereocenters. The predicted octanol–water partition coefficient (Wildman–Crippen LogP) is 0.395. The first-order chi connectivity index (χ1) is 7.24. The van der Waals surface area contributed by atoms with Gasteiger partial charge in [-0.25, -0.2) is 0 Å². The third kappa shape index (κ3) is 2.01. The third-order valence-corrected chi connectivity index (χ3v) is 3.56. The summed E-state index contributed by atoms with van der Waals surface area (Å²) in [5.74, 6) is 0.483. The first-order valence-corrected chi connectivity index (χ1v) is 5.77. The summed E-state index contributed by atoms with van der Waals surface area (Å²) in [6.07, 6.45) is 2.55. The van der Waals surface area contributed by atoms with E-state index in [2.05, 4.69) is 6.92 Å². The van der Waals surface area contributed by atoms with E-state index in [9.17, 15) is 9.90 Å². The number of aliphatic hydroxyl groups is 1. The van der Waals surface area contributed by atoms with Crippen molar-refractivity contribution in [1.82, 2.24) is 4.90 Å². The molecule has 15 heavy (non-hydrogen) atoms. The van der Waals surface area contributed by atoms with Gasteiger partial charge in [0, 0.05) is 13.2 Å². The number of amides is 1. The molecule has 1 amide bonds. The fraction of sp³-hybridized carbons (Fsp3) is 0.909. The summed E-state index contributed by atoms with van der Waals surface area (Å²) in [4.78, 5) is 13.9. The monoisotopic (exact) mass is 213 g/mol. The van der Waals surface area contributed by atoms with E-state index in [0.29, 0.717) is 12.5 Å². The molecule has 0 aliphatic carbocycles. The molecule has 2 unspecified atom stereocenters. The molecule has 4 nitrogen and oxygen atoms in total. The van der Waals surface area contributed by atoms with Crippen molar-refractivity contribution in [3.63, 3.8) is 0 Å². The van der Waals surface area contributed by atoms with Crippen LogP contribution < -0.4 is 0 Å². The number of hydrogen-bond donors (Lipinski definition) is 1. The Balaban J connectivity index is 2.00. The number of hydrogen-bond acceptors (Lipinski definition) is 3. The average Bonchev–Trinajstić information content (AvgIpc) is 2.85. The van der Waals surface area contributed by atoms with Gasteiger partial charge in [-0.05, 0) is 25.2 Å². The van der Waals surface area contributed by atoms with Crippen LogP contribution in [-0.2, 0) is 9.53 Å². The Morgan fingerprint density at radius 3 is 2.93 bits per heavy atom. The van der Waals surface area contributed by atoms with E-state index < -0.39 is 0 Å². The van der Waals surface area contributed by atoms with Gasteiger partial charge in [-0.15, -0.1) is 0 Å². The minimum atomic E-state index is -0.246. The van der Waals surface area contributed by atoms with Gasteiger partial charge in [-0.3, -0.25) is 4.79 Å². The van der Waals surface area contributed by atoms with Gasteiger partial charge in [-0.1, -0.05) is 6.92 Å². The summed E-state index contributed by atoms with van der Waals surface area (Å²) >= 11 is 0. The first kappa shape index (κ1) is 10.9. The number of aliphatic hydroxyl groups excluding tert-OH is 1. The number of carbonyl (C=O) groups excluding carboxylic acids is 1. The van der Waals surface area contributed by atoms with Crippen LogP contribution in [0.15, 0.2) is 0 Å². The predicted molar refractivity (Wildman–Crippen MR) is 55.3 cm³/mol. The van der Waals surface area contributed by atoms with Crippen LogP contribution in [0.1, 0.15) is 26.2 Å². The van der Waals surface area contributed by atoms with Crippen molar-refractivity contribution in [3.8, 4) is 0 Å². The lowest BCUT2D eigenvalue weighted by molar-refractivity contribution is -0.142. The standard InChI is InChI=1S/C11H19NO3/c1-8-4-5-12(9(8)7-13)11(14)10-3-2-6-15-10/h8-10,13H,2-7H2,1H3/t8?,9?,10-/m0/s1. The van der Waals surface area contributed by atoms with Crippen molar-refractivity contribution in [3.05, 3.63) is 0 Å². The highest BCUT2D eigenvalue weighted by molar-refractivity contribution is 5.81. The van der Waals surface area contributed by atoms with Gasteiger partial charge >= 0.3 is 0 Å². The van der Waals surface area contributed by atoms with Gasteiger partial charge < -0.3 is 14.7 Å². The Bertz CT molecular complexity index is 238. The zero-order chi connectivity index (χ0) is 10.8. The van der Waals surface area contributed by atoms with E-state index in [1.54, 1.807) is 4.90 Å². The van der Waals surface area contributed by atoms with Crippen LogP contribution in [0, 0.1) is 5.92 Å². The van der Waals surface area contributed by atoms with Crippen LogP contribution >= 0.6 is 0 Å². The van der Waals surface area contributed by atoms with Crippen molar-refractivity contribution in [1.29, 1.82) is 0 Å². The molecule has 0 radical (unpaired) electrons. The van der Waals surface area contributed by atoms with Gasteiger partial charge in [0.05, 0.1) is 12.6 Å². The van der Waals surface area contributed by atoms with Crippen LogP contribution in [0.25, 0.3) is 0 Å². The molecule has 2 fully saturated rings. The van der Waals surface area contributed by atoms with Crippen molar-refractivity contribution >= 4 is 5.91 Å². The smallest absolute Gasteiger partial charge is 0.252 e. The molecule has 4 heteroatoms. The molecule has 0 aromatic rings. The first-order valence-electron chi connectivity index (χ1n) is 5.77. The van der Waals surface area contributed by atoms with Gasteiger partial charge in [0.15, 0.2) is 0 Å². The topological polar surface area (TPSA) is 49.8 Å². The lowest BCUT2D eigenvalue weighted by Gasteiger charge is -2.27. The maximum atomic E-state index is 12.1. The second kappa shape index (κ2) is 4.49. The minimum Gasteiger partial charge on any atom is -0.394 e. The number of carbonyl (C=O) groups is 1. The Labute approximate surface area is 90.2 Å². The van der Waals surface area contributed by atoms with Crippen molar-refractivity contribution in [2.24, 2.45) is 5.92 Å². The molecule has 0 aromatic heterocycles. The summed E-state index contributed by atoms with van der Waals surface area (Å²) < 4.78 is 5.38. The summed E-state index contributed by atoms with van der Waals surface area (Å²) in [7, 11) is 0. The highest BCUT2D eigenvalue weighted by Crippen LogP contribution is 2.26. The quantitative estimate of drug-likeness (QED) is 0.722. The number of nitrogens with zero attached hydrogens (tertiary/aromatic N) is 1. The largest absolute Gasteiger partial charge is 0.394 e. The Morgan fingerprint density at radius 2 is 2.33 bits per heavy atom. The molecule has 86 valence electrons. The van der Waals surface area contributed by atoms with E-state index in [4.69, 9.17) is 4.74 Å². The second-order valence-electron chi connectivity index (χ2n) is 4.55. The zero-order valence-corrected chi connectivity index (χ0v) is 9.19. The average molecular weight is 213 g/mol. The Kier molecular flexibility index (Phi) is 3.26. The molecule has 1 N–H and O–H groups in total. The summed E-state index contributed by atoms with van der Waals surface area (Å²) in [5, 5.41) is 9.26. The molecular weight excluding hydrogens is 194 g/mol. The Morgan fingerprint density at radius 1 is 1.53 bits per heavy atom. The molecule has 2 aliphatic heterocycles. The fourth-order valence-electron chi connectivity index (χ4n) is 2.52. The number of rotatable bonds is 2. The van der Waals surface area contributed by atoms with Gasteiger partial charge in [-0.2, -0.15) is 0 Å². The molecule has 0 spiro atoms. The van der Waals surface area contributed by atoms with E-state index in [0.717, 1.165) is 25.8 Å². The van der Waals surface area contributed by atoms with Gasteiger partial charge in [0.25, 0.3) is 5.91 Å². The minimum absolute atomic E-state index is 0.00157. The van der Waals surface area contributed by atoms with Crippen LogP contribution in [0.5, 0.6) is 0 Å². The maximum absolute atomic E-state index is 12.1. The molecule has 2 heterocycles. The van der Waals surface area contributed by atoms with Crippen molar-refractivity contribution < 1.29 is 14.6 Å². The number of ether oxygens (including phenoxy) is 1. The van der Waals surface area contributed by atoms with Gasteiger partial charge in [0.2, 0.25) is 0 Å². The SMILES string of the molecule is CC1CCN(C(=O)[C@@H]2CCCO2)C1CO. The third-order valence-electron chi connectivity index (χ3n) is 3.56. The summed E-state index contributed by atoms with van der Waals surface area (Å²) in [5.41, 5.74) is 0. The van der Waals surface area contributed by atoms with Crippen LogP contribution in [0.2, 0.25) is 0 Å². The lowest BCUT2D eigenvalue weighted by atomic mass is 10.0. The molecular formula is C11H19NO3. The highest BCUT2D eigenvalue weighted by Gasteiger charge is 2.38. The van der Waals surface area contributed by atoms with Gasteiger partial charge in [0.1, 0.15) is 6.10 Å². The van der Waals surface area contributed by atoms with E-state index >= 15 is 0 Å². The van der Waals surface area contributed by atoms with Crippen molar-refractivity contribution in [2.75, 3.05) is 19.8 Å². The molecule has 2 saturated heterocycles. The fourth-order valence-corrected chi connectivity index (χ4v) is 2.52. The summed E-state index contributed by atoms with van der Waals surface area (Å²) in [6, 6.07) is 0.00157. The molecule has 0 aromatic carbocycles. The maximum Gasteiger partial charge on any atom is 0.252 e. The summed E-state index contributed by atoms with van der Waals surface area (Å²) in [6.45, 7) is 3.62. The highest BCUT2D eigenvalue weighted by atomic mass is 16.5. The van der Waals surface area contributed by atoms with Crippen LogP contribution in [0.3, 0.4) is 0 Å². The normalized spacial score (nSPS) is 36.1. The molecule has 0 bridgehead atoms. The van der Waals surface area contributed by atoms with Crippen LogP contribution in [-0.4, -0.2) is 47.8 Å². The van der Waals surface area contributed by atoms with E-state index in [1.807, 2.05) is 0 Å². The Hall–Kier alpha value is -0.610.